The van der Waals surface area contributed by atoms with Crippen LogP contribution in [0.2, 0.25) is 0 Å². The predicted octanol–water partition coefficient (Wildman–Crippen LogP) is 1.69. The second-order valence-electron chi connectivity index (χ2n) is 9.38. The summed E-state index contributed by atoms with van der Waals surface area (Å²) >= 11 is 0. The molecule has 2 aliphatic heterocycles. The Bertz CT molecular complexity index is 726. The highest BCUT2D eigenvalue weighted by Crippen LogP contribution is 2.33. The quantitative estimate of drug-likeness (QED) is 0.663. The van der Waals surface area contributed by atoms with Crippen LogP contribution in [-0.4, -0.2) is 56.5 Å². The number of piperidine rings is 1. The molecule has 2 aliphatic rings. The Hall–Kier alpha value is -2.11. The zero-order valence-corrected chi connectivity index (χ0v) is 17.1. The van der Waals surface area contributed by atoms with E-state index in [1.165, 1.54) is 0 Å². The zero-order chi connectivity index (χ0) is 20.4. The Morgan fingerprint density at radius 1 is 1.43 bits per heavy atom. The van der Waals surface area contributed by atoms with Crippen molar-refractivity contribution >= 4 is 11.7 Å². The van der Waals surface area contributed by atoms with Crippen LogP contribution < -0.4 is 10.6 Å². The maximum Gasteiger partial charge on any atom is 0.249 e. The summed E-state index contributed by atoms with van der Waals surface area (Å²) in [5, 5.41) is 30.7. The molecule has 28 heavy (non-hydrogen) atoms. The first-order valence-electron chi connectivity index (χ1n) is 10.1. The molecule has 0 spiro atoms. The number of rotatable bonds is 5. The lowest BCUT2D eigenvalue weighted by atomic mass is 9.87. The van der Waals surface area contributed by atoms with Crippen LogP contribution in [0, 0.1) is 16.9 Å². The molecule has 3 N–H and O–H groups in total. The average Bonchev–Trinajstić information content (AvgIpc) is 3.20. The first-order chi connectivity index (χ1) is 13.2. The smallest absolute Gasteiger partial charge is 0.249 e. The fourth-order valence-electron chi connectivity index (χ4n) is 4.28. The van der Waals surface area contributed by atoms with Gasteiger partial charge in [-0.1, -0.05) is 20.8 Å². The van der Waals surface area contributed by atoms with Crippen molar-refractivity contribution < 1.29 is 9.90 Å². The molecule has 154 valence electrons. The molecule has 3 heterocycles. The Balaban J connectivity index is 1.59. The summed E-state index contributed by atoms with van der Waals surface area (Å²) in [5.74, 6) is 0.267. The van der Waals surface area contributed by atoms with Gasteiger partial charge in [0.15, 0.2) is 12.0 Å². The standard InChI is InChI=1S/C20H32N6O2/c1-19(2,3)12-15-4-5-16(26(15)14-21)18(27)23-17-6-11-25(24-17)13-20(28)7-9-22-10-8-20/h6,11,15-16,22,28H,4-5,7-10,12-13H2,1-3H3,(H,23,24,27). The van der Waals surface area contributed by atoms with Gasteiger partial charge < -0.3 is 15.7 Å². The lowest BCUT2D eigenvalue weighted by molar-refractivity contribution is -0.119. The van der Waals surface area contributed by atoms with Crippen molar-refractivity contribution in [1.29, 1.82) is 5.26 Å². The van der Waals surface area contributed by atoms with E-state index >= 15 is 0 Å². The first-order valence-corrected chi connectivity index (χ1v) is 10.1. The van der Waals surface area contributed by atoms with E-state index in [9.17, 15) is 15.2 Å². The summed E-state index contributed by atoms with van der Waals surface area (Å²) in [5.41, 5.74) is -0.652. The molecule has 0 radical (unpaired) electrons. The van der Waals surface area contributed by atoms with E-state index < -0.39 is 11.6 Å². The maximum absolute atomic E-state index is 12.7. The molecule has 2 unspecified atom stereocenters. The second-order valence-corrected chi connectivity index (χ2v) is 9.38. The molecular weight excluding hydrogens is 356 g/mol. The summed E-state index contributed by atoms with van der Waals surface area (Å²) in [6, 6.07) is 1.39. The van der Waals surface area contributed by atoms with Gasteiger partial charge in [0, 0.05) is 18.3 Å². The molecule has 0 saturated carbocycles. The summed E-state index contributed by atoms with van der Waals surface area (Å²) in [7, 11) is 0. The van der Waals surface area contributed by atoms with Crippen LogP contribution in [0.3, 0.4) is 0 Å². The predicted molar refractivity (Wildman–Crippen MR) is 106 cm³/mol. The molecule has 0 aromatic carbocycles. The van der Waals surface area contributed by atoms with Crippen molar-refractivity contribution in [2.45, 2.75) is 77.1 Å². The number of nitrogens with one attached hydrogen (secondary N) is 2. The van der Waals surface area contributed by atoms with Crippen molar-refractivity contribution in [3.8, 4) is 6.19 Å². The minimum absolute atomic E-state index is 0.104. The van der Waals surface area contributed by atoms with E-state index in [1.54, 1.807) is 21.8 Å². The summed E-state index contributed by atoms with van der Waals surface area (Å²) in [6.45, 7) is 8.45. The topological polar surface area (TPSA) is 106 Å². The number of amides is 1. The molecule has 2 saturated heterocycles. The SMILES string of the molecule is CC(C)(C)CC1CCC(C(=O)Nc2ccn(CC3(O)CCNCC3)n2)N1C#N. The van der Waals surface area contributed by atoms with Crippen molar-refractivity contribution in [3.05, 3.63) is 12.3 Å². The normalized spacial score (nSPS) is 24.8. The Morgan fingerprint density at radius 2 is 2.14 bits per heavy atom. The molecular formula is C20H32N6O2. The van der Waals surface area contributed by atoms with Gasteiger partial charge in [0.05, 0.1) is 12.1 Å². The summed E-state index contributed by atoms with van der Waals surface area (Å²) in [6.07, 6.45) is 7.77. The number of carbonyl (C=O) groups excluding carboxylic acids is 1. The van der Waals surface area contributed by atoms with E-state index in [1.807, 2.05) is 0 Å². The molecule has 0 bridgehead atoms. The van der Waals surface area contributed by atoms with E-state index in [2.05, 4.69) is 42.7 Å². The maximum atomic E-state index is 12.7. The molecule has 2 atom stereocenters. The zero-order valence-electron chi connectivity index (χ0n) is 17.1. The van der Waals surface area contributed by atoms with Crippen LogP contribution in [0.25, 0.3) is 0 Å². The van der Waals surface area contributed by atoms with Crippen LogP contribution in [0.15, 0.2) is 12.3 Å². The number of aromatic nitrogens is 2. The largest absolute Gasteiger partial charge is 0.388 e. The Labute approximate surface area is 166 Å². The van der Waals surface area contributed by atoms with Crippen LogP contribution in [0.1, 0.15) is 52.9 Å². The first kappa shape index (κ1) is 20.6. The van der Waals surface area contributed by atoms with Gasteiger partial charge in [0.25, 0.3) is 0 Å². The highest BCUT2D eigenvalue weighted by Gasteiger charge is 2.39. The number of hydrogen-bond acceptors (Lipinski definition) is 6. The third-order valence-electron chi connectivity index (χ3n) is 5.65. The highest BCUT2D eigenvalue weighted by molar-refractivity contribution is 5.94. The third-order valence-corrected chi connectivity index (χ3v) is 5.65. The minimum Gasteiger partial charge on any atom is -0.388 e. The second kappa shape index (κ2) is 8.10. The molecule has 0 aliphatic carbocycles. The van der Waals surface area contributed by atoms with Gasteiger partial charge in [-0.2, -0.15) is 10.4 Å². The van der Waals surface area contributed by atoms with Crippen molar-refractivity contribution in [2.75, 3.05) is 18.4 Å². The van der Waals surface area contributed by atoms with Gasteiger partial charge >= 0.3 is 0 Å². The van der Waals surface area contributed by atoms with Crippen molar-refractivity contribution in [2.24, 2.45) is 5.41 Å². The number of likely N-dealkylation sites (tertiary alicyclic amines) is 1. The third kappa shape index (κ3) is 5.03. The molecule has 1 aromatic rings. The molecule has 1 aromatic heterocycles. The number of aliphatic hydroxyl groups is 1. The Kier molecular flexibility index (Phi) is 5.96. The number of nitriles is 1. The summed E-state index contributed by atoms with van der Waals surface area (Å²) < 4.78 is 1.68. The van der Waals surface area contributed by atoms with Crippen molar-refractivity contribution in [3.63, 3.8) is 0 Å². The Morgan fingerprint density at radius 3 is 2.79 bits per heavy atom. The monoisotopic (exact) mass is 388 g/mol. The van der Waals surface area contributed by atoms with E-state index in [0.29, 0.717) is 31.6 Å². The fourth-order valence-corrected chi connectivity index (χ4v) is 4.28. The lowest BCUT2D eigenvalue weighted by Gasteiger charge is -2.32. The highest BCUT2D eigenvalue weighted by atomic mass is 16.3. The van der Waals surface area contributed by atoms with Gasteiger partial charge in [-0.05, 0) is 50.6 Å². The van der Waals surface area contributed by atoms with Gasteiger partial charge in [-0.15, -0.1) is 0 Å². The van der Waals surface area contributed by atoms with E-state index in [-0.39, 0.29) is 17.4 Å². The molecule has 8 heteroatoms. The van der Waals surface area contributed by atoms with Gasteiger partial charge in [-0.3, -0.25) is 14.4 Å². The van der Waals surface area contributed by atoms with E-state index in [0.717, 1.165) is 25.9 Å². The molecule has 1 amide bonds. The molecule has 2 fully saturated rings. The van der Waals surface area contributed by atoms with Crippen LogP contribution in [-0.2, 0) is 11.3 Å². The fraction of sp³-hybridized carbons (Fsp3) is 0.750. The molecule has 8 nitrogen and oxygen atoms in total. The van der Waals surface area contributed by atoms with E-state index in [4.69, 9.17) is 0 Å². The average molecular weight is 389 g/mol. The lowest BCUT2D eigenvalue weighted by Crippen LogP contribution is -2.44. The minimum atomic E-state index is -0.762. The van der Waals surface area contributed by atoms with Crippen molar-refractivity contribution in [1.82, 2.24) is 20.0 Å². The number of carbonyl (C=O) groups is 1. The van der Waals surface area contributed by atoms with Gasteiger partial charge in [-0.25, -0.2) is 0 Å². The number of anilines is 1. The van der Waals surface area contributed by atoms with Crippen LogP contribution >= 0.6 is 0 Å². The number of hydrogen-bond donors (Lipinski definition) is 3. The molecule has 3 rings (SSSR count). The summed E-state index contributed by atoms with van der Waals surface area (Å²) in [4.78, 5) is 14.4. The van der Waals surface area contributed by atoms with Crippen LogP contribution in [0.4, 0.5) is 5.82 Å². The van der Waals surface area contributed by atoms with Crippen LogP contribution in [0.5, 0.6) is 0 Å². The van der Waals surface area contributed by atoms with Gasteiger partial charge in [0.2, 0.25) is 5.91 Å². The number of nitrogens with zero attached hydrogens (tertiary/aromatic N) is 4. The van der Waals surface area contributed by atoms with Gasteiger partial charge in [0.1, 0.15) is 6.04 Å².